The highest BCUT2D eigenvalue weighted by Gasteiger charge is 2.38. The first-order valence-corrected chi connectivity index (χ1v) is 6.91. The minimum absolute atomic E-state index is 0.840. The molecule has 0 unspecified atom stereocenters. The van der Waals surface area contributed by atoms with Gasteiger partial charge in [0.2, 0.25) is 0 Å². The van der Waals surface area contributed by atoms with Crippen molar-refractivity contribution in [1.82, 2.24) is 10.2 Å². The monoisotopic (exact) mass is 230 g/mol. The van der Waals surface area contributed by atoms with Crippen LogP contribution in [-0.2, 0) is 0 Å². The minimum atomic E-state index is 0.840. The van der Waals surface area contributed by atoms with Crippen molar-refractivity contribution in [2.75, 3.05) is 32.7 Å². The summed E-state index contributed by atoms with van der Waals surface area (Å²) in [5.74, 6) is 1.75. The van der Waals surface area contributed by atoms with Crippen LogP contribution in [0.4, 0.5) is 0 Å². The summed E-state index contributed by atoms with van der Waals surface area (Å²) in [5.41, 5.74) is 1.55. The molecule has 92 valence electrons. The van der Waals surface area contributed by atoms with Gasteiger partial charge in [0.1, 0.15) is 0 Å². The molecular formula is C15H22N2. The zero-order valence-corrected chi connectivity index (χ0v) is 10.4. The van der Waals surface area contributed by atoms with Gasteiger partial charge in [-0.2, -0.15) is 0 Å². The fourth-order valence-corrected chi connectivity index (χ4v) is 2.97. The van der Waals surface area contributed by atoms with E-state index in [1.807, 2.05) is 0 Å². The van der Waals surface area contributed by atoms with E-state index in [-0.39, 0.29) is 0 Å². The SMILES string of the molecule is c1ccc([C@H]2C[C@@H]2CN2CCCNCC2)cc1. The lowest BCUT2D eigenvalue weighted by Gasteiger charge is -2.19. The molecule has 2 nitrogen and oxygen atoms in total. The predicted molar refractivity (Wildman–Crippen MR) is 71.2 cm³/mol. The highest BCUT2D eigenvalue weighted by Crippen LogP contribution is 2.47. The maximum atomic E-state index is 3.47. The molecule has 2 aliphatic rings. The van der Waals surface area contributed by atoms with Gasteiger partial charge in [-0.05, 0) is 43.3 Å². The third kappa shape index (κ3) is 2.88. The number of hydrogen-bond acceptors (Lipinski definition) is 2. The van der Waals surface area contributed by atoms with Crippen molar-refractivity contribution in [2.24, 2.45) is 5.92 Å². The van der Waals surface area contributed by atoms with Gasteiger partial charge in [0.15, 0.2) is 0 Å². The van der Waals surface area contributed by atoms with Crippen LogP contribution >= 0.6 is 0 Å². The highest BCUT2D eigenvalue weighted by atomic mass is 15.2. The Bertz CT molecular complexity index is 341. The average Bonchev–Trinajstić information content (AvgIpc) is 3.16. The van der Waals surface area contributed by atoms with Gasteiger partial charge in [-0.1, -0.05) is 30.3 Å². The number of benzene rings is 1. The number of nitrogens with zero attached hydrogens (tertiary/aromatic N) is 1. The minimum Gasteiger partial charge on any atom is -0.315 e. The van der Waals surface area contributed by atoms with E-state index in [9.17, 15) is 0 Å². The van der Waals surface area contributed by atoms with Crippen LogP contribution < -0.4 is 5.32 Å². The van der Waals surface area contributed by atoms with Crippen LogP contribution in [0.2, 0.25) is 0 Å². The molecule has 1 aliphatic carbocycles. The summed E-state index contributed by atoms with van der Waals surface area (Å²) < 4.78 is 0. The fraction of sp³-hybridized carbons (Fsp3) is 0.600. The van der Waals surface area contributed by atoms with Crippen molar-refractivity contribution in [2.45, 2.75) is 18.8 Å². The second kappa shape index (κ2) is 5.19. The number of nitrogens with one attached hydrogen (secondary N) is 1. The molecule has 1 saturated carbocycles. The van der Waals surface area contributed by atoms with E-state index >= 15 is 0 Å². The molecule has 17 heavy (non-hydrogen) atoms. The van der Waals surface area contributed by atoms with Gasteiger partial charge in [-0.15, -0.1) is 0 Å². The maximum Gasteiger partial charge on any atom is 0.0107 e. The summed E-state index contributed by atoms with van der Waals surface area (Å²) in [5, 5.41) is 3.47. The Morgan fingerprint density at radius 3 is 2.88 bits per heavy atom. The van der Waals surface area contributed by atoms with Gasteiger partial charge >= 0.3 is 0 Å². The van der Waals surface area contributed by atoms with Crippen LogP contribution in [0.15, 0.2) is 30.3 Å². The molecule has 0 aromatic heterocycles. The Balaban J connectivity index is 1.51. The molecule has 3 rings (SSSR count). The molecule has 0 bridgehead atoms. The van der Waals surface area contributed by atoms with Crippen LogP contribution in [0, 0.1) is 5.92 Å². The van der Waals surface area contributed by atoms with Crippen molar-refractivity contribution < 1.29 is 0 Å². The molecule has 1 aliphatic heterocycles. The van der Waals surface area contributed by atoms with E-state index in [1.165, 1.54) is 45.6 Å². The van der Waals surface area contributed by atoms with Crippen LogP contribution in [0.25, 0.3) is 0 Å². The van der Waals surface area contributed by atoms with Gasteiger partial charge in [0.25, 0.3) is 0 Å². The van der Waals surface area contributed by atoms with E-state index in [0.717, 1.165) is 11.8 Å². The second-order valence-corrected chi connectivity index (χ2v) is 5.42. The molecule has 1 saturated heterocycles. The molecule has 1 heterocycles. The smallest absolute Gasteiger partial charge is 0.0107 e. The average molecular weight is 230 g/mol. The van der Waals surface area contributed by atoms with Crippen LogP contribution in [0.3, 0.4) is 0 Å². The normalized spacial score (nSPS) is 29.9. The predicted octanol–water partition coefficient (Wildman–Crippen LogP) is 2.09. The number of rotatable bonds is 3. The molecule has 1 aromatic rings. The topological polar surface area (TPSA) is 15.3 Å². The first-order chi connectivity index (χ1) is 8.43. The first kappa shape index (κ1) is 11.2. The van der Waals surface area contributed by atoms with E-state index in [1.54, 1.807) is 5.56 Å². The van der Waals surface area contributed by atoms with Gasteiger partial charge in [-0.25, -0.2) is 0 Å². The molecule has 2 heteroatoms. The van der Waals surface area contributed by atoms with Crippen molar-refractivity contribution in [3.63, 3.8) is 0 Å². The summed E-state index contributed by atoms with van der Waals surface area (Å²) in [6.07, 6.45) is 2.71. The van der Waals surface area contributed by atoms with Gasteiger partial charge in [0.05, 0.1) is 0 Å². The van der Waals surface area contributed by atoms with E-state index in [0.29, 0.717) is 0 Å². The summed E-state index contributed by atoms with van der Waals surface area (Å²) in [7, 11) is 0. The summed E-state index contributed by atoms with van der Waals surface area (Å²) in [4.78, 5) is 2.65. The summed E-state index contributed by atoms with van der Waals surface area (Å²) in [6, 6.07) is 11.0. The van der Waals surface area contributed by atoms with Crippen molar-refractivity contribution in [3.05, 3.63) is 35.9 Å². The quantitative estimate of drug-likeness (QED) is 0.855. The van der Waals surface area contributed by atoms with Gasteiger partial charge in [-0.3, -0.25) is 0 Å². The third-order valence-electron chi connectivity index (χ3n) is 4.08. The van der Waals surface area contributed by atoms with Crippen LogP contribution in [-0.4, -0.2) is 37.6 Å². The standard InChI is InChI=1S/C15H22N2/c1-2-5-13(6-3-1)15-11-14(15)12-17-9-4-7-16-8-10-17/h1-3,5-6,14-16H,4,7-12H2/t14-,15-/m1/s1. The second-order valence-electron chi connectivity index (χ2n) is 5.42. The molecule has 0 amide bonds. The fourth-order valence-electron chi connectivity index (χ4n) is 2.97. The molecule has 1 aromatic carbocycles. The molecule has 0 radical (unpaired) electrons. The Labute approximate surface area is 104 Å². The Hall–Kier alpha value is -0.860. The Morgan fingerprint density at radius 1 is 1.12 bits per heavy atom. The lowest BCUT2D eigenvalue weighted by molar-refractivity contribution is 0.279. The van der Waals surface area contributed by atoms with Crippen LogP contribution in [0.1, 0.15) is 24.3 Å². The van der Waals surface area contributed by atoms with E-state index < -0.39 is 0 Å². The zero-order chi connectivity index (χ0) is 11.5. The molecule has 2 fully saturated rings. The van der Waals surface area contributed by atoms with Crippen LogP contribution in [0.5, 0.6) is 0 Å². The molecule has 0 spiro atoms. The highest BCUT2D eigenvalue weighted by molar-refractivity contribution is 5.25. The molecular weight excluding hydrogens is 208 g/mol. The maximum absolute atomic E-state index is 3.47. The molecule has 2 atom stereocenters. The number of hydrogen-bond donors (Lipinski definition) is 1. The van der Waals surface area contributed by atoms with Gasteiger partial charge < -0.3 is 10.2 Å². The first-order valence-electron chi connectivity index (χ1n) is 6.91. The summed E-state index contributed by atoms with van der Waals surface area (Å²) >= 11 is 0. The summed E-state index contributed by atoms with van der Waals surface area (Å²) in [6.45, 7) is 6.19. The van der Waals surface area contributed by atoms with Crippen molar-refractivity contribution in [1.29, 1.82) is 0 Å². The third-order valence-corrected chi connectivity index (χ3v) is 4.08. The van der Waals surface area contributed by atoms with Crippen molar-refractivity contribution in [3.8, 4) is 0 Å². The van der Waals surface area contributed by atoms with Crippen molar-refractivity contribution >= 4 is 0 Å². The zero-order valence-electron chi connectivity index (χ0n) is 10.4. The lowest BCUT2D eigenvalue weighted by atomic mass is 10.1. The Kier molecular flexibility index (Phi) is 3.44. The van der Waals surface area contributed by atoms with E-state index in [4.69, 9.17) is 0 Å². The Morgan fingerprint density at radius 2 is 2.00 bits per heavy atom. The van der Waals surface area contributed by atoms with E-state index in [2.05, 4.69) is 40.5 Å². The van der Waals surface area contributed by atoms with Gasteiger partial charge in [0, 0.05) is 19.6 Å². The largest absolute Gasteiger partial charge is 0.315 e. The molecule has 1 N–H and O–H groups in total. The lowest BCUT2D eigenvalue weighted by Crippen LogP contribution is -2.30.